The van der Waals surface area contributed by atoms with E-state index in [0.717, 1.165) is 18.4 Å². The van der Waals surface area contributed by atoms with Gasteiger partial charge in [0.2, 0.25) is 0 Å². The van der Waals surface area contributed by atoms with Gasteiger partial charge in [0, 0.05) is 0 Å². The van der Waals surface area contributed by atoms with Crippen LogP contribution in [0.2, 0.25) is 0 Å². The smallest absolute Gasteiger partial charge is 0.341 e. The Hall–Kier alpha value is -2.38. The SMILES string of the molecule is CC(O)C1CCC(c2ccc(C(=O)OC3CCC(c4ccc(C5CO5)cc4F)CC3)c(F)c2F)CC1. The first kappa shape index (κ1) is 25.3. The lowest BCUT2D eigenvalue weighted by atomic mass is 9.76. The third kappa shape index (κ3) is 5.32. The molecular formula is C29H33F3O4. The first-order chi connectivity index (χ1) is 17.3. The van der Waals surface area contributed by atoms with Crippen LogP contribution in [0.15, 0.2) is 30.3 Å². The molecule has 1 saturated heterocycles. The summed E-state index contributed by atoms with van der Waals surface area (Å²) in [6.45, 7) is 2.39. The van der Waals surface area contributed by atoms with E-state index in [4.69, 9.17) is 9.47 Å². The lowest BCUT2D eigenvalue weighted by Gasteiger charge is -2.31. The van der Waals surface area contributed by atoms with Crippen LogP contribution in [0.3, 0.4) is 0 Å². The molecule has 1 heterocycles. The van der Waals surface area contributed by atoms with Crippen molar-refractivity contribution in [2.24, 2.45) is 5.92 Å². The fourth-order valence-corrected chi connectivity index (χ4v) is 5.97. The topological polar surface area (TPSA) is 59.1 Å². The van der Waals surface area contributed by atoms with Crippen LogP contribution in [-0.4, -0.2) is 29.9 Å². The van der Waals surface area contributed by atoms with Gasteiger partial charge in [-0.2, -0.15) is 0 Å². The van der Waals surface area contributed by atoms with Gasteiger partial charge in [0.15, 0.2) is 11.6 Å². The Kier molecular flexibility index (Phi) is 7.40. The Morgan fingerprint density at radius 2 is 1.53 bits per heavy atom. The van der Waals surface area contributed by atoms with E-state index in [1.54, 1.807) is 13.0 Å². The number of carbonyl (C=O) groups is 1. The highest BCUT2D eigenvalue weighted by Gasteiger charge is 2.32. The van der Waals surface area contributed by atoms with E-state index in [2.05, 4.69) is 0 Å². The summed E-state index contributed by atoms with van der Waals surface area (Å²) >= 11 is 0. The van der Waals surface area contributed by atoms with E-state index in [1.807, 2.05) is 12.1 Å². The molecule has 3 aliphatic rings. The number of aliphatic hydroxyl groups excluding tert-OH is 1. The van der Waals surface area contributed by atoms with Crippen LogP contribution in [0.4, 0.5) is 13.2 Å². The van der Waals surface area contributed by atoms with Crippen molar-refractivity contribution in [3.05, 3.63) is 70.0 Å². The number of epoxide rings is 1. The van der Waals surface area contributed by atoms with E-state index in [9.17, 15) is 23.1 Å². The molecule has 36 heavy (non-hydrogen) atoms. The highest BCUT2D eigenvalue weighted by Crippen LogP contribution is 2.40. The molecule has 2 atom stereocenters. The maximum atomic E-state index is 14.9. The third-order valence-corrected chi connectivity index (χ3v) is 8.34. The van der Waals surface area contributed by atoms with Crippen LogP contribution >= 0.6 is 0 Å². The first-order valence-electron chi connectivity index (χ1n) is 13.1. The normalized spacial score (nSPS) is 29.0. The Morgan fingerprint density at radius 1 is 0.917 bits per heavy atom. The second-order valence-corrected chi connectivity index (χ2v) is 10.7. The lowest BCUT2D eigenvalue weighted by Crippen LogP contribution is -2.25. The van der Waals surface area contributed by atoms with Crippen molar-refractivity contribution in [1.82, 2.24) is 0 Å². The first-order valence-corrected chi connectivity index (χ1v) is 13.1. The summed E-state index contributed by atoms with van der Waals surface area (Å²) in [6.07, 6.45) is 4.46. The van der Waals surface area contributed by atoms with E-state index in [0.29, 0.717) is 50.7 Å². The molecule has 0 aromatic heterocycles. The zero-order valence-electron chi connectivity index (χ0n) is 20.5. The van der Waals surface area contributed by atoms with Crippen LogP contribution in [-0.2, 0) is 9.47 Å². The number of esters is 1. The average molecular weight is 503 g/mol. The molecule has 2 aromatic carbocycles. The third-order valence-electron chi connectivity index (χ3n) is 8.34. The summed E-state index contributed by atoms with van der Waals surface area (Å²) < 4.78 is 55.2. The van der Waals surface area contributed by atoms with Gasteiger partial charge in [0.25, 0.3) is 0 Å². The summed E-state index contributed by atoms with van der Waals surface area (Å²) in [6, 6.07) is 8.09. The van der Waals surface area contributed by atoms with Crippen molar-refractivity contribution in [2.75, 3.05) is 6.61 Å². The Morgan fingerprint density at radius 3 is 2.14 bits per heavy atom. The number of rotatable bonds is 6. The van der Waals surface area contributed by atoms with E-state index in [1.165, 1.54) is 12.1 Å². The van der Waals surface area contributed by atoms with Crippen molar-refractivity contribution in [2.45, 2.75) is 88.4 Å². The van der Waals surface area contributed by atoms with Gasteiger partial charge < -0.3 is 14.6 Å². The number of halogens is 3. The number of benzene rings is 2. The molecule has 0 radical (unpaired) electrons. The molecule has 2 aromatic rings. The van der Waals surface area contributed by atoms with Gasteiger partial charge in [0.1, 0.15) is 18.0 Å². The van der Waals surface area contributed by atoms with Crippen LogP contribution < -0.4 is 0 Å². The highest BCUT2D eigenvalue weighted by molar-refractivity contribution is 5.90. The van der Waals surface area contributed by atoms with Crippen LogP contribution in [0.25, 0.3) is 0 Å². The standard InChI is InChI=1S/C29H33F3O4/c1-16(33)17-2-4-19(5-3-17)23-12-13-24(28(32)27(23)31)29(34)36-21-9-6-18(7-10-21)22-11-8-20(14-25(22)30)26-15-35-26/h8,11-14,16-19,21,26,33H,2-7,9-10,15H2,1H3. The molecule has 5 rings (SSSR count). The number of hydrogen-bond donors (Lipinski definition) is 1. The van der Waals surface area contributed by atoms with Crippen LogP contribution in [0.5, 0.6) is 0 Å². The number of hydrogen-bond acceptors (Lipinski definition) is 4. The molecule has 4 nitrogen and oxygen atoms in total. The Balaban J connectivity index is 1.17. The predicted molar refractivity (Wildman–Crippen MR) is 128 cm³/mol. The number of aliphatic hydroxyl groups is 1. The van der Waals surface area contributed by atoms with Gasteiger partial charge in [-0.05, 0) is 105 Å². The molecule has 3 fully saturated rings. The van der Waals surface area contributed by atoms with Gasteiger partial charge in [-0.25, -0.2) is 18.0 Å². The summed E-state index contributed by atoms with van der Waals surface area (Å²) in [4.78, 5) is 12.7. The molecule has 2 saturated carbocycles. The fourth-order valence-electron chi connectivity index (χ4n) is 5.97. The highest BCUT2D eigenvalue weighted by atomic mass is 19.2. The molecule has 2 aliphatic carbocycles. The molecular weight excluding hydrogens is 469 g/mol. The Labute approximate surface area is 209 Å². The zero-order valence-corrected chi connectivity index (χ0v) is 20.5. The number of ether oxygens (including phenoxy) is 2. The average Bonchev–Trinajstić information content (AvgIpc) is 3.72. The molecule has 1 aliphatic heterocycles. The van der Waals surface area contributed by atoms with Crippen molar-refractivity contribution >= 4 is 5.97 Å². The predicted octanol–water partition coefficient (Wildman–Crippen LogP) is 6.71. The largest absolute Gasteiger partial charge is 0.459 e. The second kappa shape index (κ2) is 10.5. The van der Waals surface area contributed by atoms with Crippen molar-refractivity contribution in [3.63, 3.8) is 0 Å². The van der Waals surface area contributed by atoms with E-state index in [-0.39, 0.29) is 40.8 Å². The summed E-state index contributed by atoms with van der Waals surface area (Å²) in [5, 5.41) is 9.77. The Bertz CT molecular complexity index is 1100. The van der Waals surface area contributed by atoms with Gasteiger partial charge in [-0.1, -0.05) is 18.2 Å². The lowest BCUT2D eigenvalue weighted by molar-refractivity contribution is 0.0188. The van der Waals surface area contributed by atoms with Crippen LogP contribution in [0, 0.1) is 23.4 Å². The van der Waals surface area contributed by atoms with Crippen molar-refractivity contribution < 1.29 is 32.5 Å². The van der Waals surface area contributed by atoms with Gasteiger partial charge in [-0.15, -0.1) is 0 Å². The molecule has 1 N–H and O–H groups in total. The van der Waals surface area contributed by atoms with E-state index < -0.39 is 29.8 Å². The molecule has 0 amide bonds. The molecule has 0 spiro atoms. The molecule has 7 heteroatoms. The van der Waals surface area contributed by atoms with Gasteiger partial charge in [0.05, 0.1) is 18.3 Å². The summed E-state index contributed by atoms with van der Waals surface area (Å²) in [5.41, 5.74) is 1.41. The second-order valence-electron chi connectivity index (χ2n) is 10.7. The summed E-state index contributed by atoms with van der Waals surface area (Å²) in [5.74, 6) is -3.14. The fraction of sp³-hybridized carbons (Fsp3) is 0.552. The molecule has 2 unspecified atom stereocenters. The molecule has 0 bridgehead atoms. The van der Waals surface area contributed by atoms with E-state index >= 15 is 0 Å². The maximum absolute atomic E-state index is 14.9. The van der Waals surface area contributed by atoms with Crippen molar-refractivity contribution in [1.29, 1.82) is 0 Å². The number of carbonyl (C=O) groups excluding carboxylic acids is 1. The minimum atomic E-state index is -1.16. The monoisotopic (exact) mass is 502 g/mol. The minimum Gasteiger partial charge on any atom is -0.459 e. The quantitative estimate of drug-likeness (QED) is 0.352. The maximum Gasteiger partial charge on any atom is 0.341 e. The van der Waals surface area contributed by atoms with Crippen LogP contribution in [0.1, 0.15) is 103 Å². The minimum absolute atomic E-state index is 0.00750. The van der Waals surface area contributed by atoms with Gasteiger partial charge >= 0.3 is 5.97 Å². The summed E-state index contributed by atoms with van der Waals surface area (Å²) in [7, 11) is 0. The molecule has 194 valence electrons. The van der Waals surface area contributed by atoms with Gasteiger partial charge in [-0.3, -0.25) is 0 Å². The van der Waals surface area contributed by atoms with Crippen molar-refractivity contribution in [3.8, 4) is 0 Å². The zero-order chi connectivity index (χ0) is 25.4.